The number of rotatable bonds is 6. The number of halogens is 2. The smallest absolute Gasteiger partial charge is 0.244 e. The molecule has 0 spiro atoms. The highest BCUT2D eigenvalue weighted by Crippen LogP contribution is 2.33. The average Bonchev–Trinajstić information content (AvgIpc) is 3.43. The normalized spacial score (nSPS) is 20.4. The Hall–Kier alpha value is -3.34. The summed E-state index contributed by atoms with van der Waals surface area (Å²) in [6, 6.07) is 6.85. The van der Waals surface area contributed by atoms with E-state index in [0.29, 0.717) is 35.8 Å². The molecular weight excluding hydrogens is 430 g/mol. The minimum atomic E-state index is -1.01. The zero-order chi connectivity index (χ0) is 23.1. The summed E-state index contributed by atoms with van der Waals surface area (Å²) >= 11 is 0. The Morgan fingerprint density at radius 1 is 1.30 bits per heavy atom. The largest absolute Gasteiger partial charge is 0.479 e. The number of piperidine rings is 1. The van der Waals surface area contributed by atoms with Gasteiger partial charge in [0.05, 0.1) is 24.7 Å². The summed E-state index contributed by atoms with van der Waals surface area (Å²) in [5.41, 5.74) is 3.84. The molecule has 0 bridgehead atoms. The lowest BCUT2D eigenvalue weighted by Gasteiger charge is -2.32. The minimum absolute atomic E-state index is 0.313. The van der Waals surface area contributed by atoms with Crippen molar-refractivity contribution in [1.29, 1.82) is 0 Å². The lowest BCUT2D eigenvalue weighted by atomic mass is 10.0. The van der Waals surface area contributed by atoms with E-state index < -0.39 is 18.9 Å². The van der Waals surface area contributed by atoms with Crippen molar-refractivity contribution >= 4 is 22.5 Å². The Bertz CT molecular complexity index is 1290. The SMILES string of the molecule is COc1nc(N[C@H]2CCN(C)C[C@H]2F)nn2ccc(-c3ccc4nnn([C@@H](C)CF)c4c3)c12. The first-order chi connectivity index (χ1) is 16.0. The maximum Gasteiger partial charge on any atom is 0.244 e. The highest BCUT2D eigenvalue weighted by atomic mass is 19.1. The standard InChI is InChI=1S/C22H26F2N8O/c1-13(11-23)32-19-10-14(4-5-18(19)27-29-32)15-6-9-31-20(15)21(33-3)26-22(28-31)25-17-7-8-30(2)12-16(17)24/h4-6,9-10,13,16-17H,7-8,11-12H2,1-3H3,(H,25,28)/t13-,16+,17-/m0/s1. The molecule has 1 N–H and O–H groups in total. The Morgan fingerprint density at radius 2 is 2.15 bits per heavy atom. The lowest BCUT2D eigenvalue weighted by molar-refractivity contribution is 0.149. The number of ether oxygens (including phenoxy) is 1. The van der Waals surface area contributed by atoms with E-state index in [4.69, 9.17) is 4.74 Å². The van der Waals surface area contributed by atoms with Crippen molar-refractivity contribution in [1.82, 2.24) is 34.5 Å². The molecule has 4 heterocycles. The number of aromatic nitrogens is 6. The number of methoxy groups -OCH3 is 1. The molecule has 1 aromatic carbocycles. The summed E-state index contributed by atoms with van der Waals surface area (Å²) in [6.07, 6.45) is 1.47. The highest BCUT2D eigenvalue weighted by molar-refractivity contribution is 5.89. The number of likely N-dealkylation sites (tertiary alicyclic amines) is 1. The monoisotopic (exact) mass is 456 g/mol. The zero-order valence-electron chi connectivity index (χ0n) is 18.7. The molecule has 0 amide bonds. The van der Waals surface area contributed by atoms with Gasteiger partial charge in [-0.15, -0.1) is 10.2 Å². The third-order valence-corrected chi connectivity index (χ3v) is 6.15. The first-order valence-electron chi connectivity index (χ1n) is 10.9. The molecule has 1 aliphatic rings. The van der Waals surface area contributed by atoms with E-state index in [-0.39, 0.29) is 6.04 Å². The summed E-state index contributed by atoms with van der Waals surface area (Å²) < 4.78 is 36.6. The number of hydrogen-bond acceptors (Lipinski definition) is 7. The lowest BCUT2D eigenvalue weighted by Crippen LogP contribution is -2.46. The number of benzene rings is 1. The third-order valence-electron chi connectivity index (χ3n) is 6.15. The molecule has 174 valence electrons. The van der Waals surface area contributed by atoms with E-state index in [0.717, 1.165) is 23.2 Å². The van der Waals surface area contributed by atoms with E-state index in [2.05, 4.69) is 25.7 Å². The number of hydrogen-bond donors (Lipinski definition) is 1. The fraction of sp³-hybridized carbons (Fsp3) is 0.455. The van der Waals surface area contributed by atoms with Crippen LogP contribution in [0.25, 0.3) is 27.7 Å². The second kappa shape index (κ2) is 8.54. The predicted molar refractivity (Wildman–Crippen MR) is 121 cm³/mol. The minimum Gasteiger partial charge on any atom is -0.479 e. The van der Waals surface area contributed by atoms with Crippen LogP contribution in [0.2, 0.25) is 0 Å². The summed E-state index contributed by atoms with van der Waals surface area (Å²) in [5.74, 6) is 0.688. The van der Waals surface area contributed by atoms with Crippen molar-refractivity contribution in [3.8, 4) is 17.0 Å². The van der Waals surface area contributed by atoms with Crippen LogP contribution in [0.4, 0.5) is 14.7 Å². The summed E-state index contributed by atoms with van der Waals surface area (Å²) in [5, 5.41) is 15.9. The molecule has 0 aliphatic carbocycles. The van der Waals surface area contributed by atoms with Crippen molar-refractivity contribution in [2.45, 2.75) is 31.6 Å². The molecule has 3 atom stereocenters. The van der Waals surface area contributed by atoms with Crippen LogP contribution in [0.15, 0.2) is 30.5 Å². The second-order valence-electron chi connectivity index (χ2n) is 8.53. The predicted octanol–water partition coefficient (Wildman–Crippen LogP) is 3.13. The van der Waals surface area contributed by atoms with Gasteiger partial charge in [0.25, 0.3) is 0 Å². The van der Waals surface area contributed by atoms with Crippen molar-refractivity contribution in [2.24, 2.45) is 0 Å². The van der Waals surface area contributed by atoms with E-state index in [1.165, 1.54) is 0 Å². The zero-order valence-corrected chi connectivity index (χ0v) is 18.7. The van der Waals surface area contributed by atoms with Gasteiger partial charge in [-0.05, 0) is 44.2 Å². The molecule has 1 saturated heterocycles. The quantitative estimate of drug-likeness (QED) is 0.477. The van der Waals surface area contributed by atoms with Crippen LogP contribution in [0.3, 0.4) is 0 Å². The van der Waals surface area contributed by atoms with Crippen LogP contribution in [0.1, 0.15) is 19.4 Å². The number of nitrogens with one attached hydrogen (secondary N) is 1. The van der Waals surface area contributed by atoms with Crippen LogP contribution >= 0.6 is 0 Å². The maximum atomic E-state index is 14.5. The molecular formula is C22H26F2N8O. The molecule has 0 saturated carbocycles. The molecule has 0 unspecified atom stereocenters. The molecule has 0 radical (unpaired) electrons. The molecule has 11 heteroatoms. The van der Waals surface area contributed by atoms with Crippen molar-refractivity contribution in [2.75, 3.05) is 39.2 Å². The first kappa shape index (κ1) is 21.5. The molecule has 5 rings (SSSR count). The number of nitrogens with zero attached hydrogens (tertiary/aromatic N) is 7. The fourth-order valence-electron chi connectivity index (χ4n) is 4.31. The van der Waals surface area contributed by atoms with Crippen LogP contribution in [0.5, 0.6) is 5.88 Å². The van der Waals surface area contributed by atoms with Crippen molar-refractivity contribution in [3.05, 3.63) is 30.5 Å². The highest BCUT2D eigenvalue weighted by Gasteiger charge is 2.28. The summed E-state index contributed by atoms with van der Waals surface area (Å²) in [7, 11) is 3.45. The van der Waals surface area contributed by atoms with Crippen molar-refractivity contribution in [3.63, 3.8) is 0 Å². The van der Waals surface area contributed by atoms with Gasteiger partial charge in [0.2, 0.25) is 11.8 Å². The Balaban J connectivity index is 1.53. The molecule has 1 aliphatic heterocycles. The maximum absolute atomic E-state index is 14.5. The molecule has 9 nitrogen and oxygen atoms in total. The second-order valence-corrected chi connectivity index (χ2v) is 8.53. The van der Waals surface area contributed by atoms with E-state index in [1.807, 2.05) is 42.4 Å². The van der Waals surface area contributed by atoms with Gasteiger partial charge in [0.15, 0.2) is 0 Å². The van der Waals surface area contributed by atoms with Crippen LogP contribution < -0.4 is 10.1 Å². The summed E-state index contributed by atoms with van der Waals surface area (Å²) in [4.78, 5) is 6.48. The van der Waals surface area contributed by atoms with Gasteiger partial charge in [0, 0.05) is 24.8 Å². The van der Waals surface area contributed by atoms with E-state index in [9.17, 15) is 8.78 Å². The van der Waals surface area contributed by atoms with Gasteiger partial charge in [-0.25, -0.2) is 18.0 Å². The molecule has 3 aromatic heterocycles. The Morgan fingerprint density at radius 3 is 2.91 bits per heavy atom. The van der Waals surface area contributed by atoms with Crippen LogP contribution in [-0.4, -0.2) is 80.6 Å². The van der Waals surface area contributed by atoms with Crippen molar-refractivity contribution < 1.29 is 13.5 Å². The summed E-state index contributed by atoms with van der Waals surface area (Å²) in [6.45, 7) is 2.40. The van der Waals surface area contributed by atoms with Gasteiger partial charge in [-0.2, -0.15) is 4.98 Å². The van der Waals surface area contributed by atoms with E-state index in [1.54, 1.807) is 23.2 Å². The fourth-order valence-corrected chi connectivity index (χ4v) is 4.31. The number of anilines is 1. The van der Waals surface area contributed by atoms with Gasteiger partial charge in [-0.1, -0.05) is 11.3 Å². The van der Waals surface area contributed by atoms with Crippen LogP contribution in [0, 0.1) is 0 Å². The van der Waals surface area contributed by atoms with Crippen LogP contribution in [-0.2, 0) is 0 Å². The third kappa shape index (κ3) is 3.86. The number of alkyl halides is 2. The number of fused-ring (bicyclic) bond motifs is 2. The Kier molecular flexibility index (Phi) is 5.57. The Labute approximate surface area is 189 Å². The average molecular weight is 457 g/mol. The van der Waals surface area contributed by atoms with Gasteiger partial charge < -0.3 is 15.0 Å². The van der Waals surface area contributed by atoms with Gasteiger partial charge in [-0.3, -0.25) is 0 Å². The first-order valence-corrected chi connectivity index (χ1v) is 10.9. The topological polar surface area (TPSA) is 85.4 Å². The molecule has 1 fully saturated rings. The van der Waals surface area contributed by atoms with Gasteiger partial charge in [0.1, 0.15) is 23.9 Å². The molecule has 33 heavy (non-hydrogen) atoms. The molecule has 4 aromatic rings. The van der Waals surface area contributed by atoms with E-state index >= 15 is 0 Å². The van der Waals surface area contributed by atoms with Gasteiger partial charge >= 0.3 is 0 Å².